The van der Waals surface area contributed by atoms with Gasteiger partial charge in [-0.1, -0.05) is 42.1 Å². The summed E-state index contributed by atoms with van der Waals surface area (Å²) in [6.07, 6.45) is 1.35. The summed E-state index contributed by atoms with van der Waals surface area (Å²) >= 11 is 2.41. The van der Waals surface area contributed by atoms with Crippen LogP contribution in [-0.2, 0) is 15.3 Å². The molecule has 0 aromatic heterocycles. The number of ether oxygens (including phenoxy) is 2. The molecule has 1 aliphatic heterocycles. The molecule has 0 saturated carbocycles. The zero-order valence-electron chi connectivity index (χ0n) is 16.7. The highest BCUT2D eigenvalue weighted by molar-refractivity contribution is 8.45. The second-order valence-electron chi connectivity index (χ2n) is 6.19. The lowest BCUT2D eigenvalue weighted by Gasteiger charge is -2.11. The molecule has 31 heavy (non-hydrogen) atoms. The Kier molecular flexibility index (Phi) is 7.48. The van der Waals surface area contributed by atoms with Crippen LogP contribution in [0.2, 0.25) is 0 Å². The molecule has 1 aliphatic rings. The average Bonchev–Trinajstić information content (AvgIpc) is 3.08. The summed E-state index contributed by atoms with van der Waals surface area (Å²) < 4.78 is 11.0. The SMILES string of the molecule is CCOc1c(OC(C)=O)ccc(/C=C2\N=C(SCc3ccccc3)SC2=O)c1[N+](=O)[O-]. The molecule has 0 aliphatic carbocycles. The van der Waals surface area contributed by atoms with E-state index in [0.717, 1.165) is 17.3 Å². The summed E-state index contributed by atoms with van der Waals surface area (Å²) in [5.74, 6) is -0.206. The average molecular weight is 459 g/mol. The molecule has 0 atom stereocenters. The fourth-order valence-electron chi connectivity index (χ4n) is 2.71. The van der Waals surface area contributed by atoms with E-state index in [9.17, 15) is 19.7 Å². The fourth-order valence-corrected chi connectivity index (χ4v) is 4.51. The summed E-state index contributed by atoms with van der Waals surface area (Å²) in [6.45, 7) is 2.97. The van der Waals surface area contributed by atoms with Gasteiger partial charge in [-0.3, -0.25) is 19.7 Å². The van der Waals surface area contributed by atoms with Crippen LogP contribution in [0, 0.1) is 10.1 Å². The Bertz CT molecular complexity index is 1080. The van der Waals surface area contributed by atoms with Gasteiger partial charge in [0, 0.05) is 12.7 Å². The van der Waals surface area contributed by atoms with E-state index in [1.54, 1.807) is 6.92 Å². The number of aliphatic imine (C=N–C) groups is 1. The minimum Gasteiger partial charge on any atom is -0.485 e. The van der Waals surface area contributed by atoms with E-state index in [4.69, 9.17) is 9.47 Å². The lowest BCUT2D eigenvalue weighted by Crippen LogP contribution is -2.07. The Morgan fingerprint density at radius 1 is 1.26 bits per heavy atom. The maximum absolute atomic E-state index is 12.4. The molecule has 2 aromatic rings. The number of nitrogens with zero attached hydrogens (tertiary/aromatic N) is 2. The molecular formula is C21H18N2O6S2. The lowest BCUT2D eigenvalue weighted by atomic mass is 10.1. The third-order valence-corrected chi connectivity index (χ3v) is 6.03. The van der Waals surface area contributed by atoms with Crippen LogP contribution < -0.4 is 9.47 Å². The summed E-state index contributed by atoms with van der Waals surface area (Å²) in [6, 6.07) is 12.6. The number of esters is 1. The summed E-state index contributed by atoms with van der Waals surface area (Å²) in [7, 11) is 0. The Morgan fingerprint density at radius 3 is 2.65 bits per heavy atom. The van der Waals surface area contributed by atoms with Crippen molar-refractivity contribution in [3.63, 3.8) is 0 Å². The molecule has 10 heteroatoms. The number of hydrogen-bond donors (Lipinski definition) is 0. The third-order valence-electron chi connectivity index (χ3n) is 3.95. The normalized spacial score (nSPS) is 14.5. The van der Waals surface area contributed by atoms with Gasteiger partial charge in [0.2, 0.25) is 10.9 Å². The first-order chi connectivity index (χ1) is 14.9. The van der Waals surface area contributed by atoms with Crippen molar-refractivity contribution in [2.45, 2.75) is 19.6 Å². The van der Waals surface area contributed by atoms with Crippen molar-refractivity contribution in [2.24, 2.45) is 4.99 Å². The van der Waals surface area contributed by atoms with Gasteiger partial charge in [-0.2, -0.15) is 0 Å². The quantitative estimate of drug-likeness (QED) is 0.191. The first kappa shape index (κ1) is 22.6. The van der Waals surface area contributed by atoms with Gasteiger partial charge in [0.25, 0.3) is 0 Å². The monoisotopic (exact) mass is 458 g/mol. The van der Waals surface area contributed by atoms with Crippen LogP contribution in [0.5, 0.6) is 11.5 Å². The maximum atomic E-state index is 12.4. The van der Waals surface area contributed by atoms with E-state index in [1.807, 2.05) is 30.3 Å². The molecule has 0 amide bonds. The van der Waals surface area contributed by atoms with Crippen LogP contribution in [-0.4, -0.2) is 27.0 Å². The Hall–Kier alpha value is -3.11. The van der Waals surface area contributed by atoms with Gasteiger partial charge in [0.15, 0.2) is 5.75 Å². The second kappa shape index (κ2) is 10.3. The van der Waals surface area contributed by atoms with Gasteiger partial charge in [0.05, 0.1) is 17.1 Å². The van der Waals surface area contributed by atoms with E-state index >= 15 is 0 Å². The van der Waals surface area contributed by atoms with Gasteiger partial charge < -0.3 is 9.47 Å². The van der Waals surface area contributed by atoms with Crippen molar-refractivity contribution in [3.8, 4) is 11.5 Å². The maximum Gasteiger partial charge on any atom is 0.322 e. The Labute approximate surface area is 186 Å². The molecule has 0 N–H and O–H groups in total. The van der Waals surface area contributed by atoms with E-state index < -0.39 is 16.6 Å². The molecule has 8 nitrogen and oxygen atoms in total. The molecule has 0 radical (unpaired) electrons. The van der Waals surface area contributed by atoms with E-state index in [2.05, 4.69) is 4.99 Å². The number of thioether (sulfide) groups is 2. The predicted octanol–water partition coefficient (Wildman–Crippen LogP) is 4.82. The topological polar surface area (TPSA) is 108 Å². The van der Waals surface area contributed by atoms with Gasteiger partial charge in [-0.15, -0.1) is 0 Å². The number of benzene rings is 2. The third kappa shape index (κ3) is 5.74. The zero-order chi connectivity index (χ0) is 22.4. The van der Waals surface area contributed by atoms with Crippen molar-refractivity contribution in [1.82, 2.24) is 0 Å². The van der Waals surface area contributed by atoms with Crippen molar-refractivity contribution in [2.75, 3.05) is 6.61 Å². The van der Waals surface area contributed by atoms with Gasteiger partial charge in [-0.25, -0.2) is 4.99 Å². The second-order valence-corrected chi connectivity index (χ2v) is 8.37. The van der Waals surface area contributed by atoms with E-state index in [0.29, 0.717) is 10.1 Å². The molecule has 0 spiro atoms. The van der Waals surface area contributed by atoms with Gasteiger partial charge >= 0.3 is 11.7 Å². The standard InChI is InChI=1S/C21H18N2O6S2/c1-3-28-19-17(29-13(2)24)10-9-15(18(19)23(26)27)11-16-20(25)31-21(22-16)30-12-14-7-5-4-6-8-14/h4-11H,3,12H2,1-2H3/b16-11-. The Morgan fingerprint density at radius 2 is 2.00 bits per heavy atom. The van der Waals surface area contributed by atoms with Crippen LogP contribution in [0.1, 0.15) is 25.0 Å². The largest absolute Gasteiger partial charge is 0.485 e. The molecular weight excluding hydrogens is 440 g/mol. The molecule has 0 bridgehead atoms. The molecule has 160 valence electrons. The summed E-state index contributed by atoms with van der Waals surface area (Å²) in [4.78, 5) is 39.2. The molecule has 0 unspecified atom stereocenters. The summed E-state index contributed by atoms with van der Waals surface area (Å²) in [5, 5.41) is 11.5. The highest BCUT2D eigenvalue weighted by Gasteiger charge is 2.28. The number of nitro benzene ring substituents is 1. The van der Waals surface area contributed by atoms with Crippen molar-refractivity contribution < 1.29 is 24.0 Å². The number of carbonyl (C=O) groups excluding carboxylic acids is 2. The number of rotatable bonds is 7. The smallest absolute Gasteiger partial charge is 0.322 e. The lowest BCUT2D eigenvalue weighted by molar-refractivity contribution is -0.386. The number of hydrogen-bond acceptors (Lipinski definition) is 9. The van der Waals surface area contributed by atoms with Crippen LogP contribution in [0.3, 0.4) is 0 Å². The summed E-state index contributed by atoms with van der Waals surface area (Å²) in [5.41, 5.74) is 0.933. The number of nitro groups is 1. The first-order valence-corrected chi connectivity index (χ1v) is 11.0. The van der Waals surface area contributed by atoms with Crippen LogP contribution in [0.25, 0.3) is 6.08 Å². The van der Waals surface area contributed by atoms with Crippen molar-refractivity contribution >= 4 is 50.7 Å². The molecule has 1 heterocycles. The van der Waals surface area contributed by atoms with Crippen LogP contribution in [0.15, 0.2) is 53.2 Å². The minimum absolute atomic E-state index is 0.0575. The minimum atomic E-state index is -0.633. The van der Waals surface area contributed by atoms with E-state index in [-0.39, 0.29) is 34.5 Å². The molecule has 0 saturated heterocycles. The van der Waals surface area contributed by atoms with E-state index in [1.165, 1.54) is 36.9 Å². The molecule has 0 fully saturated rings. The molecule has 2 aromatic carbocycles. The van der Waals surface area contributed by atoms with Crippen LogP contribution >= 0.6 is 23.5 Å². The highest BCUT2D eigenvalue weighted by Crippen LogP contribution is 2.42. The van der Waals surface area contributed by atoms with Crippen molar-refractivity contribution in [1.29, 1.82) is 0 Å². The zero-order valence-corrected chi connectivity index (χ0v) is 18.3. The molecule has 3 rings (SSSR count). The Balaban J connectivity index is 1.93. The van der Waals surface area contributed by atoms with Gasteiger partial charge in [-0.05, 0) is 42.5 Å². The predicted molar refractivity (Wildman–Crippen MR) is 121 cm³/mol. The highest BCUT2D eigenvalue weighted by atomic mass is 32.2. The van der Waals surface area contributed by atoms with Gasteiger partial charge in [0.1, 0.15) is 10.1 Å². The first-order valence-electron chi connectivity index (χ1n) is 9.21. The van der Waals surface area contributed by atoms with Crippen LogP contribution in [0.4, 0.5) is 5.69 Å². The fraction of sp³-hybridized carbons (Fsp3) is 0.190. The number of carbonyl (C=O) groups is 2. The van der Waals surface area contributed by atoms with Crippen molar-refractivity contribution in [3.05, 3.63) is 69.4 Å².